The second-order valence-corrected chi connectivity index (χ2v) is 4.92. The summed E-state index contributed by atoms with van der Waals surface area (Å²) in [5.41, 5.74) is -0.613. The van der Waals surface area contributed by atoms with E-state index in [9.17, 15) is 14.4 Å². The Morgan fingerprint density at radius 3 is 2.58 bits per heavy atom. The average molecular weight is 269 g/mol. The molecule has 6 heteroatoms. The molecule has 0 aliphatic heterocycles. The van der Waals surface area contributed by atoms with Crippen LogP contribution in [0.25, 0.3) is 0 Å². The summed E-state index contributed by atoms with van der Waals surface area (Å²) >= 11 is 0. The summed E-state index contributed by atoms with van der Waals surface area (Å²) in [6.45, 7) is 1.79. The summed E-state index contributed by atoms with van der Waals surface area (Å²) < 4.78 is 4.42. The van der Waals surface area contributed by atoms with E-state index >= 15 is 0 Å². The fraction of sp³-hybridized carbons (Fsp3) is 0.615. The maximum atomic E-state index is 12.1. The van der Waals surface area contributed by atoms with E-state index in [0.717, 1.165) is 6.42 Å². The molecule has 1 unspecified atom stereocenters. The van der Waals surface area contributed by atoms with Crippen LogP contribution in [0, 0.1) is 5.41 Å². The Labute approximate surface area is 111 Å². The van der Waals surface area contributed by atoms with Crippen molar-refractivity contribution in [1.29, 1.82) is 0 Å². The highest BCUT2D eigenvalue weighted by Crippen LogP contribution is 2.32. The van der Waals surface area contributed by atoms with Gasteiger partial charge in [0.25, 0.3) is 0 Å². The first kappa shape index (κ1) is 15.2. The van der Waals surface area contributed by atoms with Gasteiger partial charge >= 0.3 is 11.9 Å². The molecule has 1 amide bonds. The molecule has 2 N–H and O–H groups in total. The smallest absolute Gasteiger partial charge is 0.326 e. The number of hydrogen-bond donors (Lipinski definition) is 2. The van der Waals surface area contributed by atoms with Crippen LogP contribution >= 0.6 is 0 Å². The van der Waals surface area contributed by atoms with Gasteiger partial charge in [-0.25, -0.2) is 4.79 Å². The zero-order valence-electron chi connectivity index (χ0n) is 11.1. The highest BCUT2D eigenvalue weighted by molar-refractivity contribution is 5.89. The minimum absolute atomic E-state index is 0.340. The molecule has 106 valence electrons. The molecule has 0 saturated heterocycles. The van der Waals surface area contributed by atoms with Gasteiger partial charge in [-0.3, -0.25) is 9.59 Å². The number of methoxy groups -OCH3 is 1. The van der Waals surface area contributed by atoms with E-state index in [1.54, 1.807) is 6.92 Å². The Kier molecular flexibility index (Phi) is 5.09. The van der Waals surface area contributed by atoms with Crippen molar-refractivity contribution in [1.82, 2.24) is 5.32 Å². The van der Waals surface area contributed by atoms with E-state index < -0.39 is 23.4 Å². The molecule has 0 bridgehead atoms. The topological polar surface area (TPSA) is 92.7 Å². The molecule has 1 aliphatic rings. The number of amides is 1. The molecule has 1 aliphatic carbocycles. The predicted octanol–water partition coefficient (Wildman–Crippen LogP) is 0.865. The third kappa shape index (κ3) is 4.08. The van der Waals surface area contributed by atoms with Crippen molar-refractivity contribution in [3.05, 3.63) is 12.2 Å². The first-order valence-electron chi connectivity index (χ1n) is 6.14. The van der Waals surface area contributed by atoms with Crippen molar-refractivity contribution in [2.45, 2.75) is 38.6 Å². The number of carboxylic acid groups (broad SMARTS) is 1. The van der Waals surface area contributed by atoms with Crippen LogP contribution in [0.15, 0.2) is 12.2 Å². The van der Waals surface area contributed by atoms with E-state index in [-0.39, 0.29) is 12.3 Å². The van der Waals surface area contributed by atoms with Crippen LogP contribution in [-0.4, -0.2) is 36.1 Å². The maximum absolute atomic E-state index is 12.1. The first-order valence-corrected chi connectivity index (χ1v) is 6.14. The quantitative estimate of drug-likeness (QED) is 0.570. The Morgan fingerprint density at radius 2 is 2.11 bits per heavy atom. The van der Waals surface area contributed by atoms with E-state index in [1.807, 2.05) is 12.2 Å². The lowest BCUT2D eigenvalue weighted by molar-refractivity contribution is -0.149. The molecule has 0 aromatic heterocycles. The van der Waals surface area contributed by atoms with Gasteiger partial charge in [-0.1, -0.05) is 19.1 Å². The number of ether oxygens (including phenoxy) is 1. The van der Waals surface area contributed by atoms with Gasteiger partial charge in [0.05, 0.1) is 18.9 Å². The van der Waals surface area contributed by atoms with Crippen molar-refractivity contribution < 1.29 is 24.2 Å². The van der Waals surface area contributed by atoms with Gasteiger partial charge in [-0.05, 0) is 19.3 Å². The Morgan fingerprint density at radius 1 is 1.42 bits per heavy atom. The molecule has 0 fully saturated rings. The number of allylic oxidation sites excluding steroid dienone is 2. The fourth-order valence-electron chi connectivity index (χ4n) is 1.95. The van der Waals surface area contributed by atoms with Crippen LogP contribution in [0.3, 0.4) is 0 Å². The molecule has 0 radical (unpaired) electrons. The fourth-order valence-corrected chi connectivity index (χ4v) is 1.95. The number of hydrogen-bond acceptors (Lipinski definition) is 4. The molecule has 6 nitrogen and oxygen atoms in total. The van der Waals surface area contributed by atoms with Crippen LogP contribution in [0.1, 0.15) is 32.6 Å². The second-order valence-electron chi connectivity index (χ2n) is 4.92. The highest BCUT2D eigenvalue weighted by atomic mass is 16.5. The maximum Gasteiger partial charge on any atom is 0.326 e. The zero-order chi connectivity index (χ0) is 14.5. The van der Waals surface area contributed by atoms with E-state index in [0.29, 0.717) is 12.8 Å². The zero-order valence-corrected chi connectivity index (χ0v) is 11.1. The molecule has 0 spiro atoms. The molecule has 1 rings (SSSR count). The second kappa shape index (κ2) is 6.36. The van der Waals surface area contributed by atoms with Gasteiger partial charge in [-0.2, -0.15) is 0 Å². The monoisotopic (exact) mass is 269 g/mol. The minimum Gasteiger partial charge on any atom is -0.480 e. The molecule has 0 aromatic carbocycles. The lowest BCUT2D eigenvalue weighted by Gasteiger charge is -2.30. The van der Waals surface area contributed by atoms with Gasteiger partial charge in [0.15, 0.2) is 0 Å². The van der Waals surface area contributed by atoms with Crippen molar-refractivity contribution >= 4 is 17.8 Å². The summed E-state index contributed by atoms with van der Waals surface area (Å²) in [4.78, 5) is 34.3. The Hall–Kier alpha value is -1.85. The van der Waals surface area contributed by atoms with Crippen molar-refractivity contribution in [3.63, 3.8) is 0 Å². The van der Waals surface area contributed by atoms with Gasteiger partial charge in [0.2, 0.25) is 5.91 Å². The van der Waals surface area contributed by atoms with Crippen molar-refractivity contribution in [3.8, 4) is 0 Å². The number of rotatable bonds is 5. The molecule has 19 heavy (non-hydrogen) atoms. The van der Waals surface area contributed by atoms with Crippen LogP contribution in [0.5, 0.6) is 0 Å². The molecule has 0 saturated carbocycles. The Balaban J connectivity index is 2.68. The lowest BCUT2D eigenvalue weighted by Crippen LogP contribution is -2.48. The van der Waals surface area contributed by atoms with Crippen molar-refractivity contribution in [2.24, 2.45) is 5.41 Å². The molecule has 0 aromatic rings. The van der Waals surface area contributed by atoms with E-state index in [4.69, 9.17) is 5.11 Å². The molecular formula is C13H19NO5. The standard InChI is InChI=1S/C13H19NO5/c1-13(6-4-3-5-7-13)12(18)14-9(11(16)17)8-10(15)19-2/h3-4,9H,5-8H2,1-2H3,(H,14,18)(H,16,17)/t9-,13?/m0/s1. The van der Waals surface area contributed by atoms with Crippen LogP contribution in [-0.2, 0) is 19.1 Å². The van der Waals surface area contributed by atoms with Gasteiger partial charge in [0, 0.05) is 0 Å². The third-order valence-electron chi connectivity index (χ3n) is 3.35. The molecule has 0 heterocycles. The molecular weight excluding hydrogens is 250 g/mol. The molecule has 2 atom stereocenters. The average Bonchev–Trinajstić information content (AvgIpc) is 2.38. The number of carbonyl (C=O) groups excluding carboxylic acids is 2. The van der Waals surface area contributed by atoms with Gasteiger partial charge in [-0.15, -0.1) is 0 Å². The summed E-state index contributed by atoms with van der Waals surface area (Å²) in [5, 5.41) is 11.4. The summed E-state index contributed by atoms with van der Waals surface area (Å²) in [6.07, 6.45) is 5.57. The highest BCUT2D eigenvalue weighted by Gasteiger charge is 2.35. The Bertz CT molecular complexity index is 404. The largest absolute Gasteiger partial charge is 0.480 e. The number of carbonyl (C=O) groups is 3. The van der Waals surface area contributed by atoms with Gasteiger partial charge < -0.3 is 15.2 Å². The lowest BCUT2D eigenvalue weighted by atomic mass is 9.78. The van der Waals surface area contributed by atoms with Crippen molar-refractivity contribution in [2.75, 3.05) is 7.11 Å². The SMILES string of the molecule is COC(=O)C[C@H](NC(=O)C1(C)CC=CCC1)C(=O)O. The number of nitrogens with one attached hydrogen (secondary N) is 1. The number of aliphatic carboxylic acids is 1. The summed E-state index contributed by atoms with van der Waals surface area (Å²) in [6, 6.07) is -1.25. The van der Waals surface area contributed by atoms with E-state index in [1.165, 1.54) is 7.11 Å². The summed E-state index contributed by atoms with van der Waals surface area (Å²) in [7, 11) is 1.18. The number of esters is 1. The van der Waals surface area contributed by atoms with Crippen LogP contribution < -0.4 is 5.32 Å². The normalized spacial score (nSPS) is 23.5. The third-order valence-corrected chi connectivity index (χ3v) is 3.35. The first-order chi connectivity index (χ1) is 8.89. The minimum atomic E-state index is -1.25. The summed E-state index contributed by atoms with van der Waals surface area (Å²) in [5.74, 6) is -2.25. The van der Waals surface area contributed by atoms with Gasteiger partial charge in [0.1, 0.15) is 6.04 Å². The van der Waals surface area contributed by atoms with Crippen LogP contribution in [0.4, 0.5) is 0 Å². The van der Waals surface area contributed by atoms with E-state index in [2.05, 4.69) is 10.1 Å². The number of carboxylic acids is 1. The van der Waals surface area contributed by atoms with Crippen LogP contribution in [0.2, 0.25) is 0 Å². The predicted molar refractivity (Wildman–Crippen MR) is 67.3 cm³/mol.